The molecule has 0 spiro atoms. The second-order valence-corrected chi connectivity index (χ2v) is 7.55. The summed E-state index contributed by atoms with van der Waals surface area (Å²) >= 11 is 0. The zero-order chi connectivity index (χ0) is 18.6. The van der Waals surface area contributed by atoms with Gasteiger partial charge in [0.25, 0.3) is 0 Å². The van der Waals surface area contributed by atoms with Crippen LogP contribution in [0.2, 0.25) is 0 Å². The minimum atomic E-state index is 0.499. The minimum Gasteiger partial charge on any atom is -0.461 e. The van der Waals surface area contributed by atoms with Crippen molar-refractivity contribution in [2.75, 3.05) is 20.6 Å². The SMILES string of the molecule is CN=C(NCCc1nc(-c2ccco2)n[nH]1)NC1CC2CCCC(C1)N2C. The van der Waals surface area contributed by atoms with Crippen LogP contribution in [0.15, 0.2) is 27.8 Å². The molecule has 2 aliphatic heterocycles. The number of aromatic amines is 1. The van der Waals surface area contributed by atoms with Crippen LogP contribution in [0.4, 0.5) is 0 Å². The Balaban J connectivity index is 1.25. The van der Waals surface area contributed by atoms with Gasteiger partial charge in [-0.3, -0.25) is 10.1 Å². The first-order valence-electron chi connectivity index (χ1n) is 9.87. The molecule has 3 N–H and O–H groups in total. The molecule has 2 saturated heterocycles. The number of hydrogen-bond donors (Lipinski definition) is 3. The second-order valence-electron chi connectivity index (χ2n) is 7.55. The first-order valence-corrected chi connectivity index (χ1v) is 9.87. The van der Waals surface area contributed by atoms with Crippen molar-refractivity contribution in [2.24, 2.45) is 4.99 Å². The van der Waals surface area contributed by atoms with E-state index in [0.29, 0.717) is 29.7 Å². The molecule has 2 atom stereocenters. The van der Waals surface area contributed by atoms with E-state index in [4.69, 9.17) is 4.42 Å². The summed E-state index contributed by atoms with van der Waals surface area (Å²) in [6.45, 7) is 0.742. The van der Waals surface area contributed by atoms with E-state index in [0.717, 1.165) is 24.7 Å². The van der Waals surface area contributed by atoms with Crippen molar-refractivity contribution in [2.45, 2.75) is 56.7 Å². The average molecular weight is 371 g/mol. The summed E-state index contributed by atoms with van der Waals surface area (Å²) in [6, 6.07) is 5.61. The highest BCUT2D eigenvalue weighted by Gasteiger charge is 2.36. The van der Waals surface area contributed by atoms with Gasteiger partial charge < -0.3 is 20.0 Å². The summed E-state index contributed by atoms with van der Waals surface area (Å²) in [6.07, 6.45) is 8.77. The number of aromatic nitrogens is 3. The lowest BCUT2D eigenvalue weighted by Gasteiger charge is -2.47. The summed E-state index contributed by atoms with van der Waals surface area (Å²) in [4.78, 5) is 11.4. The monoisotopic (exact) mass is 371 g/mol. The maximum atomic E-state index is 5.32. The molecule has 2 aromatic heterocycles. The third-order valence-corrected chi connectivity index (χ3v) is 5.83. The number of piperidine rings is 2. The van der Waals surface area contributed by atoms with Crippen LogP contribution >= 0.6 is 0 Å². The molecule has 0 saturated carbocycles. The number of rotatable bonds is 5. The maximum absolute atomic E-state index is 5.32. The van der Waals surface area contributed by atoms with E-state index in [-0.39, 0.29) is 0 Å². The largest absolute Gasteiger partial charge is 0.461 e. The fraction of sp³-hybridized carbons (Fsp3) is 0.632. The highest BCUT2D eigenvalue weighted by atomic mass is 16.3. The molecule has 146 valence electrons. The molecule has 2 aliphatic rings. The third kappa shape index (κ3) is 4.16. The molecule has 2 aromatic rings. The maximum Gasteiger partial charge on any atom is 0.216 e. The van der Waals surface area contributed by atoms with Gasteiger partial charge in [0.2, 0.25) is 5.82 Å². The van der Waals surface area contributed by atoms with Crippen LogP contribution in [-0.2, 0) is 6.42 Å². The van der Waals surface area contributed by atoms with Crippen LogP contribution in [0.5, 0.6) is 0 Å². The number of hydrogen-bond acceptors (Lipinski definition) is 5. The van der Waals surface area contributed by atoms with E-state index in [9.17, 15) is 0 Å². The number of nitrogens with one attached hydrogen (secondary N) is 3. The highest BCUT2D eigenvalue weighted by Crippen LogP contribution is 2.32. The van der Waals surface area contributed by atoms with E-state index in [1.807, 2.05) is 19.2 Å². The van der Waals surface area contributed by atoms with Gasteiger partial charge in [0, 0.05) is 38.1 Å². The minimum absolute atomic E-state index is 0.499. The van der Waals surface area contributed by atoms with Gasteiger partial charge in [-0.05, 0) is 44.9 Å². The van der Waals surface area contributed by atoms with Crippen molar-refractivity contribution < 1.29 is 4.42 Å². The summed E-state index contributed by atoms with van der Waals surface area (Å²) in [5.41, 5.74) is 0. The molecular weight excluding hydrogens is 342 g/mol. The van der Waals surface area contributed by atoms with Gasteiger partial charge in [-0.1, -0.05) is 6.42 Å². The molecule has 8 heteroatoms. The number of guanidine groups is 1. The van der Waals surface area contributed by atoms with Crippen LogP contribution in [0.3, 0.4) is 0 Å². The van der Waals surface area contributed by atoms with Gasteiger partial charge in [0.1, 0.15) is 5.82 Å². The molecule has 27 heavy (non-hydrogen) atoms. The smallest absolute Gasteiger partial charge is 0.216 e. The van der Waals surface area contributed by atoms with Crippen molar-refractivity contribution in [3.05, 3.63) is 24.2 Å². The Hall–Kier alpha value is -2.35. The summed E-state index contributed by atoms with van der Waals surface area (Å²) in [7, 11) is 4.11. The number of aliphatic imine (C=N–C) groups is 1. The van der Waals surface area contributed by atoms with Gasteiger partial charge in [-0.2, -0.15) is 5.10 Å². The molecule has 0 aromatic carbocycles. The highest BCUT2D eigenvalue weighted by molar-refractivity contribution is 5.80. The second kappa shape index (κ2) is 8.12. The van der Waals surface area contributed by atoms with E-state index in [1.165, 1.54) is 32.1 Å². The van der Waals surface area contributed by atoms with E-state index in [2.05, 4.69) is 42.8 Å². The van der Waals surface area contributed by atoms with Gasteiger partial charge >= 0.3 is 0 Å². The lowest BCUT2D eigenvalue weighted by Crippen LogP contribution is -2.56. The Morgan fingerprint density at radius 3 is 2.89 bits per heavy atom. The van der Waals surface area contributed by atoms with Crippen LogP contribution in [0, 0.1) is 0 Å². The zero-order valence-electron chi connectivity index (χ0n) is 16.1. The van der Waals surface area contributed by atoms with E-state index >= 15 is 0 Å². The molecule has 4 heterocycles. The predicted molar refractivity (Wildman–Crippen MR) is 104 cm³/mol. The normalized spacial score (nSPS) is 26.1. The van der Waals surface area contributed by atoms with Crippen LogP contribution < -0.4 is 10.6 Å². The Labute approximate surface area is 159 Å². The van der Waals surface area contributed by atoms with Gasteiger partial charge in [-0.25, -0.2) is 4.98 Å². The molecule has 2 unspecified atom stereocenters. The molecule has 4 rings (SSSR count). The molecule has 2 fully saturated rings. The van der Waals surface area contributed by atoms with Gasteiger partial charge in [-0.15, -0.1) is 0 Å². The Kier molecular flexibility index (Phi) is 5.42. The van der Waals surface area contributed by atoms with Crippen molar-refractivity contribution in [3.63, 3.8) is 0 Å². The zero-order valence-corrected chi connectivity index (χ0v) is 16.1. The van der Waals surface area contributed by atoms with Gasteiger partial charge in [0.15, 0.2) is 11.7 Å². The molecular formula is C19H29N7O. The fourth-order valence-electron chi connectivity index (χ4n) is 4.34. The van der Waals surface area contributed by atoms with E-state index in [1.54, 1.807) is 6.26 Å². The first kappa shape index (κ1) is 18.0. The van der Waals surface area contributed by atoms with Gasteiger partial charge in [0.05, 0.1) is 6.26 Å². The lowest BCUT2D eigenvalue weighted by molar-refractivity contribution is 0.0526. The summed E-state index contributed by atoms with van der Waals surface area (Å²) in [5, 5.41) is 14.2. The quantitative estimate of drug-likeness (QED) is 0.548. The van der Waals surface area contributed by atoms with Crippen molar-refractivity contribution in [3.8, 4) is 11.6 Å². The van der Waals surface area contributed by atoms with Crippen LogP contribution in [-0.4, -0.2) is 64.8 Å². The molecule has 0 amide bonds. The Morgan fingerprint density at radius 2 is 2.19 bits per heavy atom. The number of H-pyrrole nitrogens is 1. The fourth-order valence-corrected chi connectivity index (χ4v) is 4.34. The summed E-state index contributed by atoms with van der Waals surface area (Å²) in [5.74, 6) is 2.97. The van der Waals surface area contributed by atoms with Crippen molar-refractivity contribution in [1.29, 1.82) is 0 Å². The Morgan fingerprint density at radius 1 is 1.37 bits per heavy atom. The first-order chi connectivity index (χ1) is 13.2. The lowest BCUT2D eigenvalue weighted by atomic mass is 9.82. The van der Waals surface area contributed by atoms with Crippen molar-refractivity contribution in [1.82, 2.24) is 30.7 Å². The topological polar surface area (TPSA) is 94.4 Å². The number of fused-ring (bicyclic) bond motifs is 2. The number of nitrogens with zero attached hydrogens (tertiary/aromatic N) is 4. The summed E-state index contributed by atoms with van der Waals surface area (Å²) < 4.78 is 5.32. The molecule has 8 nitrogen and oxygen atoms in total. The Bertz CT molecular complexity index is 740. The van der Waals surface area contributed by atoms with E-state index < -0.39 is 0 Å². The molecule has 0 aliphatic carbocycles. The van der Waals surface area contributed by atoms with Crippen molar-refractivity contribution >= 4 is 5.96 Å². The van der Waals surface area contributed by atoms with Crippen LogP contribution in [0.25, 0.3) is 11.6 Å². The van der Waals surface area contributed by atoms with Crippen LogP contribution in [0.1, 0.15) is 37.9 Å². The third-order valence-electron chi connectivity index (χ3n) is 5.83. The molecule has 0 radical (unpaired) electrons. The number of furan rings is 1. The molecule has 2 bridgehead atoms. The predicted octanol–water partition coefficient (Wildman–Crippen LogP) is 1.79. The standard InChI is InChI=1S/C19H29N7O/c1-20-19(22-13-11-14-5-3-6-15(12-13)26(14)2)21-9-8-17-23-18(25-24-17)16-7-4-10-27-16/h4,7,10,13-15H,3,5-6,8-9,11-12H2,1-2H3,(H2,20,21,22)(H,23,24,25). The average Bonchev–Trinajstić information content (AvgIpc) is 3.33.